The van der Waals surface area contributed by atoms with Crippen molar-refractivity contribution in [2.75, 3.05) is 25.0 Å². The fourth-order valence-electron chi connectivity index (χ4n) is 3.50. The number of piperidine rings is 1. The van der Waals surface area contributed by atoms with E-state index in [0.717, 1.165) is 44.1 Å². The highest BCUT2D eigenvalue weighted by Crippen LogP contribution is 2.24. The molecule has 4 rings (SSSR count). The molecule has 3 aromatic rings. The smallest absolute Gasteiger partial charge is 0.191 e. The third-order valence-electron chi connectivity index (χ3n) is 5.02. The van der Waals surface area contributed by atoms with Gasteiger partial charge in [-0.3, -0.25) is 4.99 Å². The van der Waals surface area contributed by atoms with Gasteiger partial charge < -0.3 is 15.5 Å². The first-order valence-electron chi connectivity index (χ1n) is 9.66. The zero-order chi connectivity index (χ0) is 19.2. The first-order valence-corrected chi connectivity index (χ1v) is 10.5. The summed E-state index contributed by atoms with van der Waals surface area (Å²) in [5.74, 6) is 0.860. The van der Waals surface area contributed by atoms with Gasteiger partial charge in [0.2, 0.25) is 0 Å². The molecular formula is C21H26N6S. The number of hydrogen-bond acceptors (Lipinski definition) is 4. The summed E-state index contributed by atoms with van der Waals surface area (Å²) in [6.45, 7) is 2.89. The highest BCUT2D eigenvalue weighted by atomic mass is 32.1. The van der Waals surface area contributed by atoms with E-state index in [-0.39, 0.29) is 0 Å². The topological polar surface area (TPSA) is 57.5 Å². The molecule has 2 aromatic heterocycles. The van der Waals surface area contributed by atoms with Crippen LogP contribution >= 0.6 is 11.3 Å². The second-order valence-corrected chi connectivity index (χ2v) is 7.83. The van der Waals surface area contributed by atoms with Gasteiger partial charge in [0.15, 0.2) is 5.96 Å². The Bertz CT molecular complexity index is 880. The number of nitrogens with one attached hydrogen (secondary N) is 2. The van der Waals surface area contributed by atoms with Crippen molar-refractivity contribution >= 4 is 22.3 Å². The lowest BCUT2D eigenvalue weighted by Gasteiger charge is -2.33. The van der Waals surface area contributed by atoms with Gasteiger partial charge in [-0.1, -0.05) is 12.1 Å². The number of nitrogens with zero attached hydrogens (tertiary/aromatic N) is 4. The van der Waals surface area contributed by atoms with E-state index in [1.165, 1.54) is 10.6 Å². The number of benzene rings is 1. The third-order valence-corrected chi connectivity index (χ3v) is 5.95. The number of aliphatic imine (C=N–C) groups is 1. The lowest BCUT2D eigenvalue weighted by molar-refractivity contribution is 0.463. The minimum atomic E-state index is 0.456. The number of rotatable bonds is 5. The summed E-state index contributed by atoms with van der Waals surface area (Å²) >= 11 is 1.82. The van der Waals surface area contributed by atoms with Crippen molar-refractivity contribution in [2.45, 2.75) is 25.4 Å². The summed E-state index contributed by atoms with van der Waals surface area (Å²) in [7, 11) is 1.83. The first kappa shape index (κ1) is 18.6. The summed E-state index contributed by atoms with van der Waals surface area (Å²) in [5.41, 5.74) is 2.26. The van der Waals surface area contributed by atoms with Crippen LogP contribution < -0.4 is 15.5 Å². The van der Waals surface area contributed by atoms with Crippen LogP contribution in [0.25, 0.3) is 5.69 Å². The maximum atomic E-state index is 4.40. The van der Waals surface area contributed by atoms with E-state index in [0.29, 0.717) is 6.04 Å². The van der Waals surface area contributed by atoms with Crippen molar-refractivity contribution in [2.24, 2.45) is 4.99 Å². The standard InChI is InChI=1S/C21H26N6S/c1-22-21(25-18-8-12-26(13-9-18)20-7-3-14-28-20)23-16-17-5-2-6-19(15-17)27-11-4-10-24-27/h2-7,10-11,14-15,18H,8-9,12-13,16H2,1H3,(H2,22,23,25). The molecule has 2 N–H and O–H groups in total. The Morgan fingerprint density at radius 3 is 2.82 bits per heavy atom. The molecule has 1 aliphatic rings. The Morgan fingerprint density at radius 1 is 1.21 bits per heavy atom. The SMILES string of the molecule is CN=C(NCc1cccc(-n2cccn2)c1)NC1CCN(c2cccs2)CC1. The molecule has 0 unspecified atom stereocenters. The van der Waals surface area contributed by atoms with Crippen LogP contribution in [0.1, 0.15) is 18.4 Å². The van der Waals surface area contributed by atoms with Crippen LogP contribution in [0, 0.1) is 0 Å². The lowest BCUT2D eigenvalue weighted by Crippen LogP contribution is -2.48. The molecule has 0 spiro atoms. The Labute approximate surface area is 169 Å². The maximum absolute atomic E-state index is 4.40. The second kappa shape index (κ2) is 8.93. The summed E-state index contributed by atoms with van der Waals surface area (Å²) in [4.78, 5) is 6.88. The van der Waals surface area contributed by atoms with E-state index < -0.39 is 0 Å². The van der Waals surface area contributed by atoms with Crippen molar-refractivity contribution in [3.63, 3.8) is 0 Å². The van der Waals surface area contributed by atoms with Crippen LogP contribution in [0.3, 0.4) is 0 Å². The lowest BCUT2D eigenvalue weighted by atomic mass is 10.1. The van der Waals surface area contributed by atoms with Gasteiger partial charge in [0, 0.05) is 45.1 Å². The number of hydrogen-bond donors (Lipinski definition) is 2. The predicted molar refractivity (Wildman–Crippen MR) is 116 cm³/mol. The molecule has 1 aromatic carbocycles. The summed E-state index contributed by atoms with van der Waals surface area (Å²) in [5, 5.41) is 14.8. The molecule has 1 saturated heterocycles. The summed E-state index contributed by atoms with van der Waals surface area (Å²) < 4.78 is 1.87. The molecular weight excluding hydrogens is 368 g/mol. The predicted octanol–water partition coefficient (Wildman–Crippen LogP) is 3.27. The average Bonchev–Trinajstić information content (AvgIpc) is 3.46. The Kier molecular flexibility index (Phi) is 5.92. The number of aromatic nitrogens is 2. The Hall–Kier alpha value is -2.80. The third kappa shape index (κ3) is 4.54. The fraction of sp³-hybridized carbons (Fsp3) is 0.333. The van der Waals surface area contributed by atoms with E-state index in [1.54, 1.807) is 6.20 Å². The highest BCUT2D eigenvalue weighted by Gasteiger charge is 2.20. The molecule has 0 amide bonds. The molecule has 28 heavy (non-hydrogen) atoms. The van der Waals surface area contributed by atoms with E-state index in [1.807, 2.05) is 35.3 Å². The molecule has 1 fully saturated rings. The van der Waals surface area contributed by atoms with Crippen LogP contribution in [0.15, 0.2) is 65.2 Å². The van der Waals surface area contributed by atoms with Crippen LogP contribution in [0.5, 0.6) is 0 Å². The van der Waals surface area contributed by atoms with Crippen LogP contribution in [0.4, 0.5) is 5.00 Å². The van der Waals surface area contributed by atoms with Crippen LogP contribution in [-0.2, 0) is 6.54 Å². The van der Waals surface area contributed by atoms with Gasteiger partial charge in [-0.2, -0.15) is 5.10 Å². The van der Waals surface area contributed by atoms with Gasteiger partial charge >= 0.3 is 0 Å². The minimum Gasteiger partial charge on any atom is -0.363 e. The summed E-state index contributed by atoms with van der Waals surface area (Å²) in [6.07, 6.45) is 5.98. The largest absolute Gasteiger partial charge is 0.363 e. The van der Waals surface area contributed by atoms with Crippen LogP contribution in [0.2, 0.25) is 0 Å². The zero-order valence-electron chi connectivity index (χ0n) is 16.1. The molecule has 0 bridgehead atoms. The Balaban J connectivity index is 1.28. The molecule has 0 atom stereocenters. The molecule has 7 heteroatoms. The minimum absolute atomic E-state index is 0.456. The highest BCUT2D eigenvalue weighted by molar-refractivity contribution is 7.14. The first-order chi connectivity index (χ1) is 13.8. The maximum Gasteiger partial charge on any atom is 0.191 e. The molecule has 0 radical (unpaired) electrons. The van der Waals surface area contributed by atoms with E-state index in [4.69, 9.17) is 0 Å². The number of guanidine groups is 1. The second-order valence-electron chi connectivity index (χ2n) is 6.90. The molecule has 1 aliphatic heterocycles. The molecule has 0 saturated carbocycles. The van der Waals surface area contributed by atoms with Gasteiger partial charge in [0.25, 0.3) is 0 Å². The fourth-order valence-corrected chi connectivity index (χ4v) is 4.28. The van der Waals surface area contributed by atoms with E-state index >= 15 is 0 Å². The molecule has 3 heterocycles. The van der Waals surface area contributed by atoms with Gasteiger partial charge in [0.05, 0.1) is 10.7 Å². The molecule has 146 valence electrons. The van der Waals surface area contributed by atoms with Gasteiger partial charge in [-0.15, -0.1) is 11.3 Å². The monoisotopic (exact) mass is 394 g/mol. The Morgan fingerprint density at radius 2 is 2.11 bits per heavy atom. The van der Waals surface area contributed by atoms with E-state index in [2.05, 4.69) is 67.4 Å². The molecule has 6 nitrogen and oxygen atoms in total. The summed E-state index contributed by atoms with van der Waals surface area (Å²) in [6, 6.07) is 15.1. The molecule has 0 aliphatic carbocycles. The van der Waals surface area contributed by atoms with Crippen molar-refractivity contribution in [3.05, 3.63) is 65.8 Å². The van der Waals surface area contributed by atoms with E-state index in [9.17, 15) is 0 Å². The van der Waals surface area contributed by atoms with Gasteiger partial charge in [-0.25, -0.2) is 4.68 Å². The van der Waals surface area contributed by atoms with Crippen molar-refractivity contribution in [3.8, 4) is 5.69 Å². The average molecular weight is 395 g/mol. The van der Waals surface area contributed by atoms with Crippen LogP contribution in [-0.4, -0.2) is 41.9 Å². The number of thiophene rings is 1. The quantitative estimate of drug-likeness (QED) is 0.515. The van der Waals surface area contributed by atoms with Crippen molar-refractivity contribution in [1.82, 2.24) is 20.4 Å². The van der Waals surface area contributed by atoms with Gasteiger partial charge in [0.1, 0.15) is 0 Å². The van der Waals surface area contributed by atoms with Crippen molar-refractivity contribution < 1.29 is 0 Å². The van der Waals surface area contributed by atoms with Gasteiger partial charge in [-0.05, 0) is 54.1 Å². The van der Waals surface area contributed by atoms with Crippen molar-refractivity contribution in [1.29, 1.82) is 0 Å². The zero-order valence-corrected chi connectivity index (χ0v) is 16.9. The number of anilines is 1. The normalized spacial score (nSPS) is 15.6.